The molecule has 2 aliphatic rings. The molecule has 1 fully saturated rings. The molecule has 6 rings (SSSR count). The first-order chi connectivity index (χ1) is 23.7. The lowest BCUT2D eigenvalue weighted by Gasteiger charge is -2.24. The van der Waals surface area contributed by atoms with Crippen molar-refractivity contribution in [1.82, 2.24) is 25.0 Å². The largest absolute Gasteiger partial charge is 0.481 e. The maximum Gasteiger partial charge on any atom is 0.304 e. The maximum absolute atomic E-state index is 12.5. The Balaban J connectivity index is 1.21. The number of hydrogen-bond donors (Lipinski definition) is 3. The molecule has 0 radical (unpaired) electrons. The second-order valence-electron chi connectivity index (χ2n) is 13.5. The minimum Gasteiger partial charge on any atom is -0.481 e. The van der Waals surface area contributed by atoms with Crippen molar-refractivity contribution in [3.8, 4) is 16.8 Å². The molecule has 10 nitrogen and oxygen atoms in total. The van der Waals surface area contributed by atoms with E-state index in [9.17, 15) is 19.5 Å². The second-order valence-corrected chi connectivity index (χ2v) is 13.5. The number of aromatic nitrogens is 3. The van der Waals surface area contributed by atoms with Crippen LogP contribution in [0.25, 0.3) is 16.8 Å². The fourth-order valence-corrected chi connectivity index (χ4v) is 7.19. The van der Waals surface area contributed by atoms with Crippen LogP contribution in [0.2, 0.25) is 0 Å². The summed E-state index contributed by atoms with van der Waals surface area (Å²) in [5, 5.41) is 21.0. The van der Waals surface area contributed by atoms with Crippen molar-refractivity contribution >= 4 is 24.0 Å². The van der Waals surface area contributed by atoms with Gasteiger partial charge in [-0.15, -0.1) is 0 Å². The number of aryl methyl sites for hydroxylation is 4. The molecule has 0 spiro atoms. The molecule has 4 aromatic rings. The number of likely N-dealkylation sites (tertiary alicyclic amines) is 1. The Morgan fingerprint density at radius 2 is 1.92 bits per heavy atom. The van der Waals surface area contributed by atoms with E-state index in [1.165, 1.54) is 5.56 Å². The van der Waals surface area contributed by atoms with E-state index < -0.39 is 5.97 Å². The molecule has 49 heavy (non-hydrogen) atoms. The van der Waals surface area contributed by atoms with Crippen LogP contribution in [0, 0.1) is 19.8 Å². The molecule has 256 valence electrons. The van der Waals surface area contributed by atoms with Crippen LogP contribution < -0.4 is 10.6 Å². The number of fused-ring (bicyclic) bond motifs is 1. The summed E-state index contributed by atoms with van der Waals surface area (Å²) in [5.74, 6) is 0.316. The van der Waals surface area contributed by atoms with Crippen molar-refractivity contribution in [2.75, 3.05) is 38.0 Å². The molecule has 2 aliphatic heterocycles. The lowest BCUT2D eigenvalue weighted by molar-refractivity contribution is -0.137. The molecule has 0 aliphatic carbocycles. The highest BCUT2D eigenvalue weighted by Gasteiger charge is 2.27. The number of carboxylic acids is 1. The van der Waals surface area contributed by atoms with Crippen LogP contribution in [0.3, 0.4) is 0 Å². The van der Waals surface area contributed by atoms with E-state index in [4.69, 9.17) is 10.1 Å². The van der Waals surface area contributed by atoms with E-state index in [-0.39, 0.29) is 24.7 Å². The second kappa shape index (κ2) is 15.6. The van der Waals surface area contributed by atoms with Gasteiger partial charge in [-0.3, -0.25) is 9.59 Å². The third-order valence-electron chi connectivity index (χ3n) is 9.72. The third-order valence-corrected chi connectivity index (χ3v) is 9.72. The highest BCUT2D eigenvalue weighted by Crippen LogP contribution is 2.33. The van der Waals surface area contributed by atoms with Crippen LogP contribution in [0.1, 0.15) is 76.6 Å². The van der Waals surface area contributed by atoms with E-state index in [1.54, 1.807) is 12.1 Å². The van der Waals surface area contributed by atoms with Crippen LogP contribution in [0.15, 0.2) is 60.7 Å². The van der Waals surface area contributed by atoms with E-state index in [2.05, 4.69) is 45.9 Å². The van der Waals surface area contributed by atoms with Crippen LogP contribution in [0.5, 0.6) is 0 Å². The van der Waals surface area contributed by atoms with E-state index >= 15 is 0 Å². The lowest BCUT2D eigenvalue weighted by Crippen LogP contribution is -2.28. The number of anilines is 1. The molecule has 1 saturated heterocycles. The summed E-state index contributed by atoms with van der Waals surface area (Å²) in [4.78, 5) is 42.7. The standard InChI is InChI=1S/C39H46N6O4/c1-26-19-27(2)45(43-26)36-21-32(29-7-9-31(10-8-29)39(49)41-16-4-18-46)20-33(22-36)34(23-37(47)48)25-44-17-14-28(24-44)6-12-35-13-11-30-5-3-15-40-38(30)42-35/h7-11,13,18-22,28,34H,3-6,12,14-17,23-25H2,1-2H3,(H,40,42)(H,41,49)(H,47,48). The number of amides is 1. The summed E-state index contributed by atoms with van der Waals surface area (Å²) < 4.78 is 1.91. The quantitative estimate of drug-likeness (QED) is 0.115. The van der Waals surface area contributed by atoms with Crippen LogP contribution >= 0.6 is 0 Å². The van der Waals surface area contributed by atoms with E-state index in [0.29, 0.717) is 24.6 Å². The predicted octanol–water partition coefficient (Wildman–Crippen LogP) is 5.74. The minimum atomic E-state index is -0.823. The van der Waals surface area contributed by atoms with E-state index in [1.807, 2.05) is 36.7 Å². The normalized spacial score (nSPS) is 16.5. The SMILES string of the molecule is Cc1cc(C)n(-c2cc(-c3ccc(C(=O)NCCC=O)cc3)cc(C(CC(=O)O)CN3CCC(CCc4ccc5c(n4)NCCC5)C3)c2)n1. The van der Waals surface area contributed by atoms with Crippen LogP contribution in [0.4, 0.5) is 5.82 Å². The van der Waals surface area contributed by atoms with Gasteiger partial charge in [0.05, 0.1) is 17.8 Å². The van der Waals surface area contributed by atoms with Crippen molar-refractivity contribution in [2.24, 2.45) is 5.92 Å². The molecule has 4 heterocycles. The Bertz CT molecular complexity index is 1800. The number of nitrogens with one attached hydrogen (secondary N) is 2. The first kappa shape index (κ1) is 34.0. The summed E-state index contributed by atoms with van der Waals surface area (Å²) >= 11 is 0. The van der Waals surface area contributed by atoms with Crippen LogP contribution in [-0.4, -0.2) is 75.7 Å². The number of carbonyl (C=O) groups excluding carboxylic acids is 2. The van der Waals surface area contributed by atoms with Gasteiger partial charge in [0.15, 0.2) is 0 Å². The zero-order valence-corrected chi connectivity index (χ0v) is 28.5. The molecular formula is C39H46N6O4. The number of benzene rings is 2. The number of nitrogens with zero attached hydrogens (tertiary/aromatic N) is 4. The summed E-state index contributed by atoms with van der Waals surface area (Å²) in [6.07, 6.45) is 6.41. The molecule has 2 unspecified atom stereocenters. The molecule has 0 bridgehead atoms. The van der Waals surface area contributed by atoms with Crippen molar-refractivity contribution in [3.05, 3.63) is 94.4 Å². The van der Waals surface area contributed by atoms with Gasteiger partial charge in [-0.05, 0) is 117 Å². The Morgan fingerprint density at radius 3 is 2.67 bits per heavy atom. The Hall–Kier alpha value is -4.83. The van der Waals surface area contributed by atoms with Gasteiger partial charge in [0.25, 0.3) is 5.91 Å². The van der Waals surface area contributed by atoms with Gasteiger partial charge in [-0.25, -0.2) is 9.67 Å². The van der Waals surface area contributed by atoms with Crippen LogP contribution in [-0.2, 0) is 22.4 Å². The van der Waals surface area contributed by atoms with Gasteiger partial charge >= 0.3 is 5.97 Å². The van der Waals surface area contributed by atoms with Gasteiger partial charge < -0.3 is 25.4 Å². The molecule has 2 aromatic carbocycles. The fraction of sp³-hybridized carbons (Fsp3) is 0.410. The number of aliphatic carboxylic acids is 1. The molecule has 3 N–H and O–H groups in total. The maximum atomic E-state index is 12.5. The summed E-state index contributed by atoms with van der Waals surface area (Å²) in [7, 11) is 0. The Morgan fingerprint density at radius 1 is 1.08 bits per heavy atom. The summed E-state index contributed by atoms with van der Waals surface area (Å²) in [6, 6.07) is 20.0. The Labute approximate surface area is 287 Å². The number of carboxylic acid groups (broad SMARTS) is 1. The number of rotatable bonds is 14. The van der Waals surface area contributed by atoms with Crippen molar-refractivity contribution < 1.29 is 19.5 Å². The summed E-state index contributed by atoms with van der Waals surface area (Å²) in [6.45, 7) is 7.80. The molecule has 1 amide bonds. The molecular weight excluding hydrogens is 616 g/mol. The number of aldehydes is 1. The number of pyridine rings is 1. The lowest BCUT2D eigenvalue weighted by atomic mass is 9.91. The van der Waals surface area contributed by atoms with E-state index in [0.717, 1.165) is 103 Å². The average Bonchev–Trinajstić information content (AvgIpc) is 3.71. The van der Waals surface area contributed by atoms with Gasteiger partial charge in [0.1, 0.15) is 12.1 Å². The van der Waals surface area contributed by atoms with Crippen molar-refractivity contribution in [1.29, 1.82) is 0 Å². The first-order valence-electron chi connectivity index (χ1n) is 17.4. The fourth-order valence-electron chi connectivity index (χ4n) is 7.19. The zero-order valence-electron chi connectivity index (χ0n) is 28.5. The monoisotopic (exact) mass is 662 g/mol. The van der Waals surface area contributed by atoms with Gasteiger partial charge in [-0.2, -0.15) is 5.10 Å². The third kappa shape index (κ3) is 8.61. The molecule has 10 heteroatoms. The predicted molar refractivity (Wildman–Crippen MR) is 190 cm³/mol. The smallest absolute Gasteiger partial charge is 0.304 e. The number of hydrogen-bond acceptors (Lipinski definition) is 7. The first-order valence-corrected chi connectivity index (χ1v) is 17.4. The molecule has 2 aromatic heterocycles. The molecule has 2 atom stereocenters. The van der Waals surface area contributed by atoms with Crippen molar-refractivity contribution in [3.63, 3.8) is 0 Å². The average molecular weight is 663 g/mol. The highest BCUT2D eigenvalue weighted by molar-refractivity contribution is 5.94. The minimum absolute atomic E-state index is 0.0210. The topological polar surface area (TPSA) is 129 Å². The summed E-state index contributed by atoms with van der Waals surface area (Å²) in [5.41, 5.74) is 8.51. The van der Waals surface area contributed by atoms with Crippen molar-refractivity contribution in [2.45, 2.75) is 64.7 Å². The van der Waals surface area contributed by atoms with Gasteiger partial charge in [0, 0.05) is 55.5 Å². The number of carbonyl (C=O) groups is 3. The Kier molecular flexibility index (Phi) is 10.8. The zero-order chi connectivity index (χ0) is 34.3. The van der Waals surface area contributed by atoms with Gasteiger partial charge in [0.2, 0.25) is 0 Å². The highest BCUT2D eigenvalue weighted by atomic mass is 16.4. The van der Waals surface area contributed by atoms with Gasteiger partial charge in [-0.1, -0.05) is 24.3 Å². The molecule has 0 saturated carbocycles.